The Labute approximate surface area is 95.8 Å². The minimum absolute atomic E-state index is 0.555. The van der Waals surface area contributed by atoms with Crippen LogP contribution in [0.25, 0.3) is 11.0 Å². The van der Waals surface area contributed by atoms with E-state index >= 15 is 0 Å². The Hall–Kier alpha value is -1.00. The lowest BCUT2D eigenvalue weighted by Crippen LogP contribution is -1.85. The van der Waals surface area contributed by atoms with Crippen molar-refractivity contribution in [1.29, 1.82) is 0 Å². The molecule has 3 nitrogen and oxygen atoms in total. The largest absolute Gasteiger partial charge is 0.497 e. The van der Waals surface area contributed by atoms with E-state index in [0.717, 1.165) is 21.2 Å². The number of ether oxygens (including phenoxy) is 1. The molecule has 0 saturated carbocycles. The van der Waals surface area contributed by atoms with E-state index in [1.807, 2.05) is 18.2 Å². The first kappa shape index (κ1) is 10.5. The lowest BCUT2D eigenvalue weighted by Gasteiger charge is -2.00. The van der Waals surface area contributed by atoms with Crippen molar-refractivity contribution in [3.63, 3.8) is 0 Å². The fourth-order valence-electron chi connectivity index (χ4n) is 1.43. The second-order valence-corrected chi connectivity index (χ2v) is 4.21. The first-order chi connectivity index (χ1) is 7.11. The molecular formula is C11H11BrO3. The molecule has 1 heterocycles. The van der Waals surface area contributed by atoms with Crippen molar-refractivity contribution in [2.45, 2.75) is 13.0 Å². The zero-order valence-corrected chi connectivity index (χ0v) is 10.0. The molecule has 0 saturated heterocycles. The van der Waals surface area contributed by atoms with E-state index in [4.69, 9.17) is 9.15 Å². The van der Waals surface area contributed by atoms with E-state index in [-0.39, 0.29) is 0 Å². The van der Waals surface area contributed by atoms with E-state index in [2.05, 4.69) is 15.9 Å². The topological polar surface area (TPSA) is 42.6 Å². The third kappa shape index (κ3) is 1.87. The van der Waals surface area contributed by atoms with Crippen molar-refractivity contribution in [2.75, 3.05) is 7.11 Å². The van der Waals surface area contributed by atoms with Crippen LogP contribution in [-0.2, 0) is 0 Å². The molecule has 0 amide bonds. The molecule has 0 bridgehead atoms. The number of halogens is 1. The number of furan rings is 1. The number of hydrogen-bond donors (Lipinski definition) is 1. The van der Waals surface area contributed by atoms with Gasteiger partial charge in [-0.05, 0) is 41.1 Å². The molecule has 1 unspecified atom stereocenters. The number of benzene rings is 1. The number of hydrogen-bond acceptors (Lipinski definition) is 3. The molecule has 2 rings (SSSR count). The van der Waals surface area contributed by atoms with Crippen molar-refractivity contribution in [1.82, 2.24) is 0 Å². The SMILES string of the molecule is COc1cc(Br)c2oc(C(C)O)cc2c1. The highest BCUT2D eigenvalue weighted by atomic mass is 79.9. The number of methoxy groups -OCH3 is 1. The fourth-order valence-corrected chi connectivity index (χ4v) is 1.96. The van der Waals surface area contributed by atoms with Crippen LogP contribution in [-0.4, -0.2) is 12.2 Å². The van der Waals surface area contributed by atoms with Gasteiger partial charge in [0.05, 0.1) is 11.6 Å². The maximum atomic E-state index is 9.40. The molecular weight excluding hydrogens is 260 g/mol. The van der Waals surface area contributed by atoms with Crippen LogP contribution >= 0.6 is 15.9 Å². The molecule has 1 aromatic carbocycles. The van der Waals surface area contributed by atoms with Crippen molar-refractivity contribution in [3.8, 4) is 5.75 Å². The average molecular weight is 271 g/mol. The predicted octanol–water partition coefficient (Wildman–Crippen LogP) is 3.26. The molecule has 0 radical (unpaired) electrons. The first-order valence-electron chi connectivity index (χ1n) is 4.57. The van der Waals surface area contributed by atoms with Gasteiger partial charge in [0.1, 0.15) is 23.2 Å². The van der Waals surface area contributed by atoms with Crippen LogP contribution < -0.4 is 4.74 Å². The van der Waals surface area contributed by atoms with Crippen molar-refractivity contribution in [2.24, 2.45) is 0 Å². The summed E-state index contributed by atoms with van der Waals surface area (Å²) < 4.78 is 11.5. The van der Waals surface area contributed by atoms with Crippen LogP contribution in [0.1, 0.15) is 18.8 Å². The van der Waals surface area contributed by atoms with Gasteiger partial charge in [-0.2, -0.15) is 0 Å². The Bertz CT molecular complexity index is 488. The molecule has 80 valence electrons. The van der Waals surface area contributed by atoms with Crippen LogP contribution in [0.15, 0.2) is 27.1 Å². The minimum Gasteiger partial charge on any atom is -0.497 e. The van der Waals surface area contributed by atoms with Gasteiger partial charge in [0.25, 0.3) is 0 Å². The summed E-state index contributed by atoms with van der Waals surface area (Å²) in [6.07, 6.45) is -0.602. The van der Waals surface area contributed by atoms with E-state index in [1.54, 1.807) is 14.0 Å². The normalized spacial score (nSPS) is 13.1. The van der Waals surface area contributed by atoms with Crippen LogP contribution in [0, 0.1) is 0 Å². The van der Waals surface area contributed by atoms with Gasteiger partial charge >= 0.3 is 0 Å². The highest BCUT2D eigenvalue weighted by molar-refractivity contribution is 9.10. The summed E-state index contributed by atoms with van der Waals surface area (Å²) in [7, 11) is 1.61. The summed E-state index contributed by atoms with van der Waals surface area (Å²) >= 11 is 3.40. The van der Waals surface area contributed by atoms with Gasteiger partial charge in [-0.15, -0.1) is 0 Å². The molecule has 0 spiro atoms. The highest BCUT2D eigenvalue weighted by Gasteiger charge is 2.12. The maximum absolute atomic E-state index is 9.40. The molecule has 15 heavy (non-hydrogen) atoms. The van der Waals surface area contributed by atoms with E-state index in [9.17, 15) is 5.11 Å². The van der Waals surface area contributed by atoms with Crippen LogP contribution in [0.4, 0.5) is 0 Å². The Morgan fingerprint density at radius 3 is 2.73 bits per heavy atom. The molecule has 0 aliphatic carbocycles. The van der Waals surface area contributed by atoms with Gasteiger partial charge in [-0.1, -0.05) is 0 Å². The smallest absolute Gasteiger partial charge is 0.148 e. The molecule has 0 fully saturated rings. The lowest BCUT2D eigenvalue weighted by atomic mass is 10.2. The summed E-state index contributed by atoms with van der Waals surface area (Å²) in [5.74, 6) is 1.31. The third-order valence-electron chi connectivity index (χ3n) is 2.21. The van der Waals surface area contributed by atoms with Gasteiger partial charge in [0.15, 0.2) is 0 Å². The van der Waals surface area contributed by atoms with Crippen LogP contribution in [0.2, 0.25) is 0 Å². The van der Waals surface area contributed by atoms with Crippen molar-refractivity contribution in [3.05, 3.63) is 28.4 Å². The van der Waals surface area contributed by atoms with E-state index < -0.39 is 6.10 Å². The molecule has 1 aromatic heterocycles. The van der Waals surface area contributed by atoms with Gasteiger partial charge < -0.3 is 14.3 Å². The second kappa shape index (κ2) is 3.87. The summed E-state index contributed by atoms with van der Waals surface area (Å²) in [6.45, 7) is 1.67. The minimum atomic E-state index is -0.602. The zero-order chi connectivity index (χ0) is 11.0. The molecule has 4 heteroatoms. The van der Waals surface area contributed by atoms with E-state index in [1.165, 1.54) is 0 Å². The average Bonchev–Trinajstić information content (AvgIpc) is 2.61. The Kier molecular flexibility index (Phi) is 2.71. The number of fused-ring (bicyclic) bond motifs is 1. The zero-order valence-electron chi connectivity index (χ0n) is 8.45. The monoisotopic (exact) mass is 270 g/mol. The van der Waals surface area contributed by atoms with Crippen LogP contribution in [0.3, 0.4) is 0 Å². The highest BCUT2D eigenvalue weighted by Crippen LogP contribution is 2.33. The van der Waals surface area contributed by atoms with E-state index in [0.29, 0.717) is 5.76 Å². The summed E-state index contributed by atoms with van der Waals surface area (Å²) in [4.78, 5) is 0. The quantitative estimate of drug-likeness (QED) is 0.911. The number of aliphatic hydroxyl groups is 1. The van der Waals surface area contributed by atoms with Gasteiger partial charge in [-0.25, -0.2) is 0 Å². The fraction of sp³-hybridized carbons (Fsp3) is 0.273. The lowest BCUT2D eigenvalue weighted by molar-refractivity contribution is 0.172. The standard InChI is InChI=1S/C11H11BrO3/c1-6(13)10-4-7-3-8(14-2)5-9(12)11(7)15-10/h3-6,13H,1-2H3. The van der Waals surface area contributed by atoms with Gasteiger partial charge in [-0.3, -0.25) is 0 Å². The molecule has 1 atom stereocenters. The van der Waals surface area contributed by atoms with Crippen LogP contribution in [0.5, 0.6) is 5.75 Å². The van der Waals surface area contributed by atoms with Crippen molar-refractivity contribution >= 4 is 26.9 Å². The summed E-state index contributed by atoms with van der Waals surface area (Å²) in [5.41, 5.74) is 0.728. The number of aliphatic hydroxyl groups excluding tert-OH is 1. The first-order valence-corrected chi connectivity index (χ1v) is 5.36. The molecule has 2 aromatic rings. The summed E-state index contributed by atoms with van der Waals surface area (Å²) in [6, 6.07) is 5.51. The van der Waals surface area contributed by atoms with Crippen molar-refractivity contribution < 1.29 is 14.3 Å². The number of rotatable bonds is 2. The Morgan fingerprint density at radius 1 is 1.40 bits per heavy atom. The molecule has 1 N–H and O–H groups in total. The predicted molar refractivity (Wildman–Crippen MR) is 61.1 cm³/mol. The summed E-state index contributed by atoms with van der Waals surface area (Å²) in [5, 5.41) is 10.3. The Balaban J connectivity index is 2.64. The Morgan fingerprint density at radius 2 is 2.13 bits per heavy atom. The third-order valence-corrected chi connectivity index (χ3v) is 2.80. The van der Waals surface area contributed by atoms with Gasteiger partial charge in [0.2, 0.25) is 0 Å². The van der Waals surface area contributed by atoms with Gasteiger partial charge in [0, 0.05) is 5.39 Å². The molecule has 0 aliphatic rings. The maximum Gasteiger partial charge on any atom is 0.148 e. The second-order valence-electron chi connectivity index (χ2n) is 3.35. The molecule has 0 aliphatic heterocycles.